The van der Waals surface area contributed by atoms with Gasteiger partial charge < -0.3 is 5.11 Å². The fraction of sp³-hybridized carbons (Fsp3) is 0.643. The normalized spacial score (nSPS) is 22.3. The zero-order chi connectivity index (χ0) is 13.8. The topological polar surface area (TPSA) is 40.5 Å². The Balaban J connectivity index is 2.03. The third kappa shape index (κ3) is 3.94. The maximum atomic E-state index is 10.8. The third-order valence-electron chi connectivity index (χ3n) is 3.93. The molecule has 2 atom stereocenters. The van der Waals surface area contributed by atoms with Crippen molar-refractivity contribution in [3.05, 3.63) is 21.3 Å². The number of piperidine rings is 1. The number of nitrogens with zero attached hydrogens (tertiary/aromatic N) is 1. The Morgan fingerprint density at radius 3 is 3.05 bits per heavy atom. The van der Waals surface area contributed by atoms with Gasteiger partial charge >= 0.3 is 5.97 Å². The number of hydrogen-bond acceptors (Lipinski definition) is 3. The van der Waals surface area contributed by atoms with E-state index < -0.39 is 5.97 Å². The number of thiophene rings is 1. The van der Waals surface area contributed by atoms with Gasteiger partial charge in [0, 0.05) is 18.5 Å². The van der Waals surface area contributed by atoms with Crippen LogP contribution in [0.4, 0.5) is 0 Å². The van der Waals surface area contributed by atoms with Crippen LogP contribution in [0.1, 0.15) is 50.6 Å². The van der Waals surface area contributed by atoms with Gasteiger partial charge in [-0.15, -0.1) is 11.3 Å². The third-order valence-corrected chi connectivity index (χ3v) is 5.04. The average Bonchev–Trinajstić information content (AvgIpc) is 2.82. The largest absolute Gasteiger partial charge is 0.481 e. The van der Waals surface area contributed by atoms with Crippen LogP contribution in [0.15, 0.2) is 11.4 Å². The average molecular weight is 302 g/mol. The van der Waals surface area contributed by atoms with Crippen LogP contribution >= 0.6 is 22.9 Å². The summed E-state index contributed by atoms with van der Waals surface area (Å²) in [7, 11) is 0. The predicted octanol–water partition coefficient (Wildman–Crippen LogP) is 4.18. The molecule has 1 saturated heterocycles. The molecule has 1 aliphatic heterocycles. The molecule has 0 aromatic carbocycles. The highest BCUT2D eigenvalue weighted by atomic mass is 35.5. The lowest BCUT2D eigenvalue weighted by Crippen LogP contribution is -2.41. The molecule has 1 aromatic heterocycles. The maximum Gasteiger partial charge on any atom is 0.303 e. The van der Waals surface area contributed by atoms with E-state index in [1.807, 2.05) is 6.07 Å². The Bertz CT molecular complexity index is 435. The molecule has 5 heteroatoms. The molecule has 0 bridgehead atoms. The van der Waals surface area contributed by atoms with Crippen molar-refractivity contribution in [3.63, 3.8) is 0 Å². The van der Waals surface area contributed by atoms with Gasteiger partial charge in [0.05, 0.1) is 4.34 Å². The molecule has 2 heterocycles. The number of carboxylic acid groups (broad SMARTS) is 1. The van der Waals surface area contributed by atoms with E-state index in [-0.39, 0.29) is 6.42 Å². The zero-order valence-corrected chi connectivity index (χ0v) is 12.7. The first-order valence-electron chi connectivity index (χ1n) is 6.79. The van der Waals surface area contributed by atoms with Crippen LogP contribution in [-0.4, -0.2) is 28.6 Å². The molecule has 0 radical (unpaired) electrons. The first kappa shape index (κ1) is 14.8. The first-order valence-corrected chi connectivity index (χ1v) is 8.05. The molecule has 1 fully saturated rings. The van der Waals surface area contributed by atoms with Crippen molar-refractivity contribution in [2.24, 2.45) is 0 Å². The van der Waals surface area contributed by atoms with Crippen molar-refractivity contribution in [1.82, 2.24) is 4.90 Å². The Morgan fingerprint density at radius 1 is 1.63 bits per heavy atom. The van der Waals surface area contributed by atoms with Gasteiger partial charge in [0.15, 0.2) is 0 Å². The Hall–Kier alpha value is -0.580. The number of likely N-dealkylation sites (tertiary alicyclic amines) is 1. The molecule has 0 spiro atoms. The molecule has 106 valence electrons. The minimum absolute atomic E-state index is 0.262. The standard InChI is InChI=1S/C14H20ClNO2S/c1-10(11-8-13(15)19-9-11)16-7-3-2-4-12(16)5-6-14(17)18/h8-10,12H,2-7H2,1H3,(H,17,18). The molecular weight excluding hydrogens is 282 g/mol. The van der Waals surface area contributed by atoms with Crippen molar-refractivity contribution in [2.75, 3.05) is 6.54 Å². The second-order valence-electron chi connectivity index (χ2n) is 5.18. The summed E-state index contributed by atoms with van der Waals surface area (Å²) in [4.78, 5) is 13.2. The van der Waals surface area contributed by atoms with E-state index in [2.05, 4.69) is 17.2 Å². The maximum absolute atomic E-state index is 10.8. The first-order chi connectivity index (χ1) is 9.08. The number of hydrogen-bond donors (Lipinski definition) is 1. The van der Waals surface area contributed by atoms with E-state index in [0.717, 1.165) is 23.7 Å². The van der Waals surface area contributed by atoms with E-state index in [1.54, 1.807) is 11.3 Å². The predicted molar refractivity (Wildman–Crippen MR) is 79.0 cm³/mol. The van der Waals surface area contributed by atoms with Crippen molar-refractivity contribution in [3.8, 4) is 0 Å². The van der Waals surface area contributed by atoms with Crippen LogP contribution in [0.3, 0.4) is 0 Å². The molecule has 1 N–H and O–H groups in total. The minimum Gasteiger partial charge on any atom is -0.481 e. The molecule has 0 saturated carbocycles. The molecule has 0 amide bonds. The lowest BCUT2D eigenvalue weighted by atomic mass is 9.95. The van der Waals surface area contributed by atoms with E-state index >= 15 is 0 Å². The van der Waals surface area contributed by atoms with E-state index in [0.29, 0.717) is 12.1 Å². The minimum atomic E-state index is -0.697. The van der Waals surface area contributed by atoms with Crippen LogP contribution in [-0.2, 0) is 4.79 Å². The van der Waals surface area contributed by atoms with Crippen LogP contribution in [0, 0.1) is 0 Å². The van der Waals surface area contributed by atoms with E-state index in [1.165, 1.54) is 18.4 Å². The lowest BCUT2D eigenvalue weighted by molar-refractivity contribution is -0.137. The van der Waals surface area contributed by atoms with Gasteiger partial charge in [0.2, 0.25) is 0 Å². The van der Waals surface area contributed by atoms with E-state index in [9.17, 15) is 4.79 Å². The molecular formula is C14H20ClNO2S. The summed E-state index contributed by atoms with van der Waals surface area (Å²) < 4.78 is 0.820. The highest BCUT2D eigenvalue weighted by Gasteiger charge is 2.27. The van der Waals surface area contributed by atoms with Gasteiger partial charge in [-0.2, -0.15) is 0 Å². The van der Waals surface area contributed by atoms with Crippen molar-refractivity contribution in [1.29, 1.82) is 0 Å². The highest BCUT2D eigenvalue weighted by Crippen LogP contribution is 2.33. The number of rotatable bonds is 5. The number of carbonyl (C=O) groups is 1. The summed E-state index contributed by atoms with van der Waals surface area (Å²) in [6.07, 6.45) is 4.52. The quantitative estimate of drug-likeness (QED) is 0.887. The summed E-state index contributed by atoms with van der Waals surface area (Å²) in [5.74, 6) is -0.697. The van der Waals surface area contributed by atoms with E-state index in [4.69, 9.17) is 16.7 Å². The van der Waals surface area contributed by atoms with Gasteiger partial charge in [-0.1, -0.05) is 18.0 Å². The summed E-state index contributed by atoms with van der Waals surface area (Å²) >= 11 is 7.57. The number of carboxylic acids is 1. The Labute approximate surface area is 123 Å². The summed E-state index contributed by atoms with van der Waals surface area (Å²) in [6, 6.07) is 2.74. The summed E-state index contributed by atoms with van der Waals surface area (Å²) in [5.41, 5.74) is 1.25. The monoisotopic (exact) mass is 301 g/mol. The van der Waals surface area contributed by atoms with Crippen molar-refractivity contribution < 1.29 is 9.90 Å². The number of aliphatic carboxylic acids is 1. The molecule has 19 heavy (non-hydrogen) atoms. The smallest absolute Gasteiger partial charge is 0.303 e. The van der Waals surface area contributed by atoms with Gasteiger partial charge in [-0.25, -0.2) is 0 Å². The van der Waals surface area contributed by atoms with Gasteiger partial charge in [0.1, 0.15) is 0 Å². The molecule has 3 nitrogen and oxygen atoms in total. The summed E-state index contributed by atoms with van der Waals surface area (Å²) in [6.45, 7) is 3.25. The van der Waals surface area contributed by atoms with Crippen LogP contribution < -0.4 is 0 Å². The second kappa shape index (κ2) is 6.73. The van der Waals surface area contributed by atoms with Gasteiger partial charge in [-0.05, 0) is 49.7 Å². The molecule has 1 aromatic rings. The van der Waals surface area contributed by atoms with Crippen LogP contribution in [0.2, 0.25) is 4.34 Å². The number of halogens is 1. The van der Waals surface area contributed by atoms with Crippen LogP contribution in [0.25, 0.3) is 0 Å². The van der Waals surface area contributed by atoms with Gasteiger partial charge in [-0.3, -0.25) is 9.69 Å². The molecule has 0 aliphatic carbocycles. The second-order valence-corrected chi connectivity index (χ2v) is 6.72. The summed E-state index contributed by atoms with van der Waals surface area (Å²) in [5, 5.41) is 11.0. The zero-order valence-electron chi connectivity index (χ0n) is 11.1. The fourth-order valence-electron chi connectivity index (χ4n) is 2.87. The SMILES string of the molecule is CC(c1csc(Cl)c1)N1CCCCC1CCC(=O)O. The van der Waals surface area contributed by atoms with Crippen molar-refractivity contribution in [2.45, 2.75) is 51.1 Å². The van der Waals surface area contributed by atoms with Gasteiger partial charge in [0.25, 0.3) is 0 Å². The molecule has 2 unspecified atom stereocenters. The lowest BCUT2D eigenvalue weighted by Gasteiger charge is -2.39. The molecule has 2 rings (SSSR count). The van der Waals surface area contributed by atoms with Crippen molar-refractivity contribution >= 4 is 28.9 Å². The molecule has 1 aliphatic rings. The highest BCUT2D eigenvalue weighted by molar-refractivity contribution is 7.14. The van der Waals surface area contributed by atoms with Crippen LogP contribution in [0.5, 0.6) is 0 Å². The fourth-order valence-corrected chi connectivity index (χ4v) is 3.84. The Morgan fingerprint density at radius 2 is 2.42 bits per heavy atom. The Kier molecular flexibility index (Phi) is 5.25.